The summed E-state index contributed by atoms with van der Waals surface area (Å²) in [5.74, 6) is -0.565. The van der Waals surface area contributed by atoms with E-state index in [1.807, 2.05) is 49.4 Å². The molecule has 174 valence electrons. The number of benzodiazepines with no additional fused rings is 1. The predicted molar refractivity (Wildman–Crippen MR) is 139 cm³/mol. The van der Waals surface area contributed by atoms with Crippen LogP contribution in [0.3, 0.4) is 0 Å². The number of nitrogens with one attached hydrogen (secondary N) is 1. The summed E-state index contributed by atoms with van der Waals surface area (Å²) in [5, 5.41) is 3.97. The van der Waals surface area contributed by atoms with Crippen molar-refractivity contribution in [3.63, 3.8) is 0 Å². The summed E-state index contributed by atoms with van der Waals surface area (Å²) < 4.78 is 14.2. The van der Waals surface area contributed by atoms with Gasteiger partial charge in [0.15, 0.2) is 5.11 Å². The number of benzene rings is 3. The zero-order valence-corrected chi connectivity index (χ0v) is 20.4. The fourth-order valence-electron chi connectivity index (χ4n) is 3.83. The van der Waals surface area contributed by atoms with Gasteiger partial charge >= 0.3 is 0 Å². The van der Waals surface area contributed by atoms with Gasteiger partial charge in [-0.2, -0.15) is 0 Å². The molecule has 1 unspecified atom stereocenters. The largest absolute Gasteiger partial charge is 0.345 e. The van der Waals surface area contributed by atoms with Gasteiger partial charge in [-0.25, -0.2) is 9.38 Å². The van der Waals surface area contributed by atoms with Crippen molar-refractivity contribution >= 4 is 46.2 Å². The van der Waals surface area contributed by atoms with Crippen molar-refractivity contribution in [2.75, 3.05) is 18.5 Å². The van der Waals surface area contributed by atoms with E-state index in [0.717, 1.165) is 11.1 Å². The van der Waals surface area contributed by atoms with Crippen molar-refractivity contribution < 1.29 is 9.18 Å². The van der Waals surface area contributed by atoms with Crippen molar-refractivity contribution in [3.05, 3.63) is 100 Å². The molecule has 1 atom stereocenters. The molecule has 34 heavy (non-hydrogen) atoms. The lowest BCUT2D eigenvalue weighted by Crippen LogP contribution is -2.50. The Morgan fingerprint density at radius 3 is 2.56 bits per heavy atom. The summed E-state index contributed by atoms with van der Waals surface area (Å²) >= 11 is 11.9. The number of halogens is 2. The molecule has 0 aliphatic carbocycles. The van der Waals surface area contributed by atoms with Gasteiger partial charge in [0.25, 0.3) is 5.91 Å². The fraction of sp³-hybridized carbons (Fsp3) is 0.192. The number of nitrogens with zero attached hydrogens (tertiary/aromatic N) is 3. The molecule has 3 aromatic carbocycles. The van der Waals surface area contributed by atoms with Crippen molar-refractivity contribution in [1.29, 1.82) is 0 Å². The average Bonchev–Trinajstić information content (AvgIpc) is 2.94. The number of carbonyl (C=O) groups is 1. The molecule has 3 aromatic rings. The molecule has 0 fully saturated rings. The summed E-state index contributed by atoms with van der Waals surface area (Å²) in [6.45, 7) is 2.73. The minimum absolute atomic E-state index is 0.265. The Kier molecular flexibility index (Phi) is 7.24. The first-order valence-electron chi connectivity index (χ1n) is 10.9. The highest BCUT2D eigenvalue weighted by Crippen LogP contribution is 2.30. The van der Waals surface area contributed by atoms with E-state index in [4.69, 9.17) is 28.8 Å². The van der Waals surface area contributed by atoms with Gasteiger partial charge in [0.05, 0.1) is 11.4 Å². The highest BCUT2D eigenvalue weighted by atomic mass is 35.5. The van der Waals surface area contributed by atoms with Crippen LogP contribution in [0.1, 0.15) is 23.6 Å². The van der Waals surface area contributed by atoms with Crippen LogP contribution in [0.4, 0.5) is 10.1 Å². The molecule has 1 aliphatic rings. The predicted octanol–water partition coefficient (Wildman–Crippen LogP) is 5.02. The number of thiocarbonyl (C=S) groups is 1. The Balaban J connectivity index is 1.69. The minimum atomic E-state index is -0.964. The molecule has 0 saturated carbocycles. The van der Waals surface area contributed by atoms with Gasteiger partial charge in [-0.05, 0) is 43.4 Å². The Labute approximate surface area is 208 Å². The first-order chi connectivity index (χ1) is 16.4. The molecule has 1 N–H and O–H groups in total. The average molecular weight is 495 g/mol. The topological polar surface area (TPSA) is 47.9 Å². The van der Waals surface area contributed by atoms with Gasteiger partial charge < -0.3 is 15.1 Å². The maximum absolute atomic E-state index is 14.2. The molecule has 4 rings (SSSR count). The van der Waals surface area contributed by atoms with E-state index in [2.05, 4.69) is 5.32 Å². The Morgan fingerprint density at radius 1 is 1.15 bits per heavy atom. The second-order valence-electron chi connectivity index (χ2n) is 7.86. The van der Waals surface area contributed by atoms with E-state index in [1.54, 1.807) is 41.1 Å². The van der Waals surface area contributed by atoms with Gasteiger partial charge in [-0.1, -0.05) is 60.1 Å². The van der Waals surface area contributed by atoms with E-state index in [0.29, 0.717) is 33.6 Å². The molecular weight excluding hydrogens is 471 g/mol. The Hall–Kier alpha value is -3.29. The lowest BCUT2D eigenvalue weighted by Gasteiger charge is -2.27. The van der Waals surface area contributed by atoms with Crippen LogP contribution in [0.2, 0.25) is 5.02 Å². The van der Waals surface area contributed by atoms with Crippen LogP contribution in [0.5, 0.6) is 0 Å². The summed E-state index contributed by atoms with van der Waals surface area (Å²) in [6.07, 6.45) is -0.964. The summed E-state index contributed by atoms with van der Waals surface area (Å²) in [7, 11) is 1.70. The second kappa shape index (κ2) is 10.3. The molecular formula is C26H24ClFN4OS. The van der Waals surface area contributed by atoms with Crippen molar-refractivity contribution in [2.24, 2.45) is 4.99 Å². The first kappa shape index (κ1) is 23.9. The molecule has 0 aromatic heterocycles. The number of fused-ring (bicyclic) bond motifs is 1. The molecule has 1 heterocycles. The number of rotatable bonds is 5. The molecule has 5 nitrogen and oxygen atoms in total. The molecule has 0 spiro atoms. The van der Waals surface area contributed by atoms with Crippen LogP contribution in [0, 0.1) is 5.82 Å². The SMILES string of the molecule is CCN(Cc1ccccc1F)C(=S)NC1N=C(c2ccccc2)c2cc(Cl)ccc2N(C)C1=O. The second-order valence-corrected chi connectivity index (χ2v) is 8.68. The lowest BCUT2D eigenvalue weighted by molar-refractivity contribution is -0.119. The normalized spacial score (nSPS) is 15.3. The standard InChI is InChI=1S/C26H24ClFN4OS/c1-3-32(16-18-11-7-8-12-21(18)28)26(34)30-24-25(33)31(2)22-14-13-19(27)15-20(22)23(29-24)17-9-5-4-6-10-17/h4-15,24H,3,16H2,1-2H3,(H,30,34). The smallest absolute Gasteiger partial charge is 0.272 e. The van der Waals surface area contributed by atoms with Crippen molar-refractivity contribution in [2.45, 2.75) is 19.6 Å². The van der Waals surface area contributed by atoms with Gasteiger partial charge in [-0.3, -0.25) is 4.79 Å². The molecule has 0 saturated heterocycles. The number of likely N-dealkylation sites (N-methyl/N-ethyl adjacent to an activating group) is 1. The number of aliphatic imine (C=N–C) groups is 1. The number of amides is 1. The minimum Gasteiger partial charge on any atom is -0.345 e. The number of hydrogen-bond acceptors (Lipinski definition) is 3. The highest BCUT2D eigenvalue weighted by molar-refractivity contribution is 7.80. The summed E-state index contributed by atoms with van der Waals surface area (Å²) in [5.41, 5.74) is 3.46. The van der Waals surface area contributed by atoms with E-state index < -0.39 is 6.17 Å². The van der Waals surface area contributed by atoms with Crippen LogP contribution in [0.15, 0.2) is 77.8 Å². The highest BCUT2D eigenvalue weighted by Gasteiger charge is 2.31. The van der Waals surface area contributed by atoms with E-state index in [9.17, 15) is 9.18 Å². The van der Waals surface area contributed by atoms with Crippen molar-refractivity contribution in [1.82, 2.24) is 10.2 Å². The van der Waals surface area contributed by atoms with E-state index in [-0.39, 0.29) is 18.3 Å². The fourth-order valence-corrected chi connectivity index (χ4v) is 4.31. The number of anilines is 1. The first-order valence-corrected chi connectivity index (χ1v) is 11.7. The quantitative estimate of drug-likeness (QED) is 0.506. The zero-order valence-electron chi connectivity index (χ0n) is 18.8. The van der Waals surface area contributed by atoms with Gasteiger partial charge in [0, 0.05) is 41.9 Å². The van der Waals surface area contributed by atoms with Crippen LogP contribution in [-0.2, 0) is 11.3 Å². The third kappa shape index (κ3) is 4.95. The van der Waals surface area contributed by atoms with Gasteiger partial charge in [0.1, 0.15) is 5.82 Å². The Morgan fingerprint density at radius 2 is 1.85 bits per heavy atom. The third-order valence-electron chi connectivity index (χ3n) is 5.69. The monoisotopic (exact) mass is 494 g/mol. The van der Waals surface area contributed by atoms with Gasteiger partial charge in [-0.15, -0.1) is 0 Å². The number of carbonyl (C=O) groups excluding carboxylic acids is 1. The lowest BCUT2D eigenvalue weighted by atomic mass is 10.0. The van der Waals surface area contributed by atoms with E-state index >= 15 is 0 Å². The molecule has 1 amide bonds. The summed E-state index contributed by atoms with van der Waals surface area (Å²) in [6, 6.07) is 21.6. The van der Waals surface area contributed by atoms with Gasteiger partial charge in [0.2, 0.25) is 6.17 Å². The van der Waals surface area contributed by atoms with E-state index in [1.165, 1.54) is 6.07 Å². The number of hydrogen-bond donors (Lipinski definition) is 1. The van der Waals surface area contributed by atoms with Crippen LogP contribution >= 0.6 is 23.8 Å². The molecule has 0 radical (unpaired) electrons. The molecule has 1 aliphatic heterocycles. The Bertz CT molecular complexity index is 1250. The van der Waals surface area contributed by atoms with Crippen LogP contribution in [-0.4, -0.2) is 41.4 Å². The third-order valence-corrected chi connectivity index (χ3v) is 6.30. The molecule has 8 heteroatoms. The molecule has 0 bridgehead atoms. The maximum Gasteiger partial charge on any atom is 0.272 e. The van der Waals surface area contributed by atoms with Crippen molar-refractivity contribution in [3.8, 4) is 0 Å². The zero-order chi connectivity index (χ0) is 24.2. The van der Waals surface area contributed by atoms with Crippen LogP contribution in [0.25, 0.3) is 0 Å². The van der Waals surface area contributed by atoms with Crippen LogP contribution < -0.4 is 10.2 Å². The summed E-state index contributed by atoms with van der Waals surface area (Å²) in [4.78, 5) is 21.6. The maximum atomic E-state index is 14.2.